The van der Waals surface area contributed by atoms with Gasteiger partial charge in [0.15, 0.2) is 6.29 Å². The monoisotopic (exact) mass is 698 g/mol. The van der Waals surface area contributed by atoms with Crippen molar-refractivity contribution < 1.29 is 28.5 Å². The van der Waals surface area contributed by atoms with Crippen LogP contribution in [0.1, 0.15) is 202 Å². The lowest BCUT2D eigenvalue weighted by atomic mass is 10.0. The molecular formula is C42H83NO6. The summed E-state index contributed by atoms with van der Waals surface area (Å²) in [6.45, 7) is 15.9. The van der Waals surface area contributed by atoms with Gasteiger partial charge in [-0.05, 0) is 45.3 Å². The van der Waals surface area contributed by atoms with Crippen LogP contribution in [0.2, 0.25) is 0 Å². The summed E-state index contributed by atoms with van der Waals surface area (Å²) in [5.41, 5.74) is 0. The molecule has 7 nitrogen and oxygen atoms in total. The van der Waals surface area contributed by atoms with E-state index in [1.54, 1.807) is 0 Å². The highest BCUT2D eigenvalue weighted by Crippen LogP contribution is 2.17. The highest BCUT2D eigenvalue weighted by Gasteiger charge is 2.18. The molecule has 0 bridgehead atoms. The van der Waals surface area contributed by atoms with E-state index in [1.165, 1.54) is 116 Å². The van der Waals surface area contributed by atoms with Crippen LogP contribution < -0.4 is 0 Å². The minimum Gasteiger partial charge on any atom is -0.465 e. The number of rotatable bonds is 39. The van der Waals surface area contributed by atoms with Crippen LogP contribution in [-0.2, 0) is 28.5 Å². The van der Waals surface area contributed by atoms with Crippen LogP contribution in [0.4, 0.5) is 0 Å². The number of ether oxygens (including phenoxy) is 4. The molecule has 1 unspecified atom stereocenters. The van der Waals surface area contributed by atoms with Gasteiger partial charge in [-0.2, -0.15) is 0 Å². The van der Waals surface area contributed by atoms with Gasteiger partial charge in [0.05, 0.1) is 19.6 Å². The topological polar surface area (TPSA) is 74.3 Å². The van der Waals surface area contributed by atoms with E-state index in [1.807, 2.05) is 0 Å². The average molecular weight is 698 g/mol. The summed E-state index contributed by atoms with van der Waals surface area (Å²) in [6.07, 6.45) is 28.5. The minimum absolute atomic E-state index is 0.0314. The van der Waals surface area contributed by atoms with Crippen LogP contribution >= 0.6 is 0 Å². The van der Waals surface area contributed by atoms with Crippen molar-refractivity contribution in [3.63, 3.8) is 0 Å². The standard InChI is InChI=1S/C42H83NO6/c1-6-11-14-17-20-21-22-23-26-30-39(37-48-40(44)31-29-34-43(9-4)10-5)38-49-41(45)32-33-42(46-35-27-24-18-15-12-7-2)47-36-28-25-19-16-13-8-3/h39,42H,6-38H2,1-5H3. The molecule has 1 atom stereocenters. The van der Waals surface area contributed by atoms with Gasteiger partial charge < -0.3 is 23.8 Å². The Bertz CT molecular complexity index is 683. The summed E-state index contributed by atoms with van der Waals surface area (Å²) in [5, 5.41) is 0. The van der Waals surface area contributed by atoms with E-state index >= 15 is 0 Å². The maximum Gasteiger partial charge on any atom is 0.305 e. The van der Waals surface area contributed by atoms with Gasteiger partial charge in [0.25, 0.3) is 0 Å². The van der Waals surface area contributed by atoms with E-state index in [9.17, 15) is 9.59 Å². The van der Waals surface area contributed by atoms with Gasteiger partial charge in [0.1, 0.15) is 0 Å². The highest BCUT2D eigenvalue weighted by atomic mass is 16.7. The third-order valence-electron chi connectivity index (χ3n) is 9.61. The van der Waals surface area contributed by atoms with Crippen LogP contribution in [-0.4, -0.2) is 69.2 Å². The van der Waals surface area contributed by atoms with Crippen molar-refractivity contribution in [2.75, 3.05) is 46.1 Å². The lowest BCUT2D eigenvalue weighted by molar-refractivity contribution is -0.161. The molecule has 0 saturated heterocycles. The lowest BCUT2D eigenvalue weighted by Gasteiger charge is -2.20. The fraction of sp³-hybridized carbons (Fsp3) is 0.952. The average Bonchev–Trinajstić information content (AvgIpc) is 3.11. The molecule has 292 valence electrons. The summed E-state index contributed by atoms with van der Waals surface area (Å²) in [5.74, 6) is -0.341. The molecule has 0 saturated carbocycles. The fourth-order valence-electron chi connectivity index (χ4n) is 6.16. The first kappa shape index (κ1) is 47.8. The molecule has 0 aliphatic carbocycles. The number of esters is 2. The highest BCUT2D eigenvalue weighted by molar-refractivity contribution is 5.69. The molecule has 0 aliphatic heterocycles. The van der Waals surface area contributed by atoms with Crippen LogP contribution in [0.25, 0.3) is 0 Å². The van der Waals surface area contributed by atoms with Crippen molar-refractivity contribution in [3.05, 3.63) is 0 Å². The van der Waals surface area contributed by atoms with Crippen molar-refractivity contribution >= 4 is 11.9 Å². The van der Waals surface area contributed by atoms with E-state index in [-0.39, 0.29) is 30.6 Å². The summed E-state index contributed by atoms with van der Waals surface area (Å²) in [7, 11) is 0. The molecule has 0 aromatic heterocycles. The Labute approximate surface area is 304 Å². The Morgan fingerprint density at radius 3 is 1.33 bits per heavy atom. The van der Waals surface area contributed by atoms with Crippen LogP contribution in [0.3, 0.4) is 0 Å². The Balaban J connectivity index is 4.76. The van der Waals surface area contributed by atoms with Gasteiger partial charge in [0, 0.05) is 32.0 Å². The minimum atomic E-state index is -0.367. The second kappa shape index (κ2) is 38.1. The molecule has 0 radical (unpaired) electrons. The molecule has 0 spiro atoms. The fourth-order valence-corrected chi connectivity index (χ4v) is 6.16. The second-order valence-corrected chi connectivity index (χ2v) is 14.2. The zero-order valence-electron chi connectivity index (χ0n) is 33.4. The lowest BCUT2D eigenvalue weighted by Crippen LogP contribution is -2.25. The molecule has 0 aliphatic rings. The Morgan fingerprint density at radius 1 is 0.469 bits per heavy atom. The predicted molar refractivity (Wildman–Crippen MR) is 206 cm³/mol. The van der Waals surface area contributed by atoms with Crippen molar-refractivity contribution in [1.82, 2.24) is 4.90 Å². The Hall–Kier alpha value is -1.18. The van der Waals surface area contributed by atoms with Gasteiger partial charge in [-0.3, -0.25) is 9.59 Å². The predicted octanol–water partition coefficient (Wildman–Crippen LogP) is 11.6. The molecule has 0 rings (SSSR count). The van der Waals surface area contributed by atoms with Crippen molar-refractivity contribution in [2.45, 2.75) is 208 Å². The summed E-state index contributed by atoms with van der Waals surface area (Å²) in [6, 6.07) is 0. The molecule has 0 aromatic rings. The second-order valence-electron chi connectivity index (χ2n) is 14.2. The first-order valence-corrected chi connectivity index (χ1v) is 21.3. The number of hydrogen-bond acceptors (Lipinski definition) is 7. The molecule has 0 N–H and O–H groups in total. The maximum absolute atomic E-state index is 12.9. The van der Waals surface area contributed by atoms with Crippen molar-refractivity contribution in [1.29, 1.82) is 0 Å². The summed E-state index contributed by atoms with van der Waals surface area (Å²) < 4.78 is 23.7. The normalized spacial score (nSPS) is 12.2. The first-order valence-electron chi connectivity index (χ1n) is 21.3. The smallest absolute Gasteiger partial charge is 0.305 e. The van der Waals surface area contributed by atoms with E-state index in [0.717, 1.165) is 51.7 Å². The number of carbonyl (C=O) groups excluding carboxylic acids is 2. The SMILES string of the molecule is CCCCCCCCCCCC(COC(=O)CCCN(CC)CC)COC(=O)CCC(OCCCCCCCC)OCCCCCCCC. The zero-order chi connectivity index (χ0) is 36.0. The molecule has 0 heterocycles. The van der Waals surface area contributed by atoms with Gasteiger partial charge >= 0.3 is 11.9 Å². The van der Waals surface area contributed by atoms with E-state index in [2.05, 4.69) is 39.5 Å². The number of nitrogens with zero attached hydrogens (tertiary/aromatic N) is 1. The van der Waals surface area contributed by atoms with E-state index in [0.29, 0.717) is 39.3 Å². The maximum atomic E-state index is 12.9. The van der Waals surface area contributed by atoms with Crippen LogP contribution in [0, 0.1) is 5.92 Å². The zero-order valence-corrected chi connectivity index (χ0v) is 33.4. The van der Waals surface area contributed by atoms with Crippen LogP contribution in [0.5, 0.6) is 0 Å². The van der Waals surface area contributed by atoms with Crippen molar-refractivity contribution in [3.8, 4) is 0 Å². The molecule has 7 heteroatoms. The Kier molecular flexibility index (Phi) is 37.1. The van der Waals surface area contributed by atoms with Crippen molar-refractivity contribution in [2.24, 2.45) is 5.92 Å². The van der Waals surface area contributed by atoms with Gasteiger partial charge in [-0.15, -0.1) is 0 Å². The third-order valence-corrected chi connectivity index (χ3v) is 9.61. The molecular weight excluding hydrogens is 614 g/mol. The number of hydrogen-bond donors (Lipinski definition) is 0. The quantitative estimate of drug-likeness (QED) is 0.0359. The molecule has 49 heavy (non-hydrogen) atoms. The largest absolute Gasteiger partial charge is 0.465 e. The van der Waals surface area contributed by atoms with E-state index in [4.69, 9.17) is 18.9 Å². The summed E-state index contributed by atoms with van der Waals surface area (Å²) in [4.78, 5) is 27.7. The van der Waals surface area contributed by atoms with Gasteiger partial charge in [0.2, 0.25) is 0 Å². The molecule has 0 fully saturated rings. The third kappa shape index (κ3) is 33.7. The van der Waals surface area contributed by atoms with Crippen LogP contribution in [0.15, 0.2) is 0 Å². The van der Waals surface area contributed by atoms with Gasteiger partial charge in [-0.1, -0.05) is 157 Å². The van der Waals surface area contributed by atoms with E-state index < -0.39 is 0 Å². The van der Waals surface area contributed by atoms with Gasteiger partial charge in [-0.25, -0.2) is 0 Å². The Morgan fingerprint density at radius 2 is 0.878 bits per heavy atom. The number of carbonyl (C=O) groups is 2. The first-order chi connectivity index (χ1) is 24.0. The summed E-state index contributed by atoms with van der Waals surface area (Å²) >= 11 is 0. The molecule has 0 amide bonds. The molecule has 0 aromatic carbocycles. The number of unbranched alkanes of at least 4 members (excludes halogenated alkanes) is 18.